The third kappa shape index (κ3) is 7.09. The molecule has 1 N–H and O–H groups in total. The fraction of sp³-hybridized carbons (Fsp3) is 0.778. The van der Waals surface area contributed by atoms with Crippen LogP contribution in [0.4, 0.5) is 13.2 Å². The standard InChI is InChI=1S/C9H14F3NO3S/c1-3-6(2)13(4-8(15)16)7(14)5-17-9(10,11)12/h6H,3-5H2,1-2H3,(H,15,16). The van der Waals surface area contributed by atoms with E-state index in [0.717, 1.165) is 4.90 Å². The fourth-order valence-corrected chi connectivity index (χ4v) is 1.54. The van der Waals surface area contributed by atoms with E-state index in [0.29, 0.717) is 6.42 Å². The summed E-state index contributed by atoms with van der Waals surface area (Å²) in [5.74, 6) is -2.85. The van der Waals surface area contributed by atoms with Crippen LogP contribution in [-0.4, -0.2) is 45.7 Å². The van der Waals surface area contributed by atoms with Crippen LogP contribution >= 0.6 is 11.8 Å². The highest BCUT2D eigenvalue weighted by molar-refractivity contribution is 8.00. The normalized spacial score (nSPS) is 13.2. The quantitative estimate of drug-likeness (QED) is 0.803. The highest BCUT2D eigenvalue weighted by Gasteiger charge is 2.31. The summed E-state index contributed by atoms with van der Waals surface area (Å²) in [5, 5.41) is 8.58. The Morgan fingerprint density at radius 1 is 1.41 bits per heavy atom. The van der Waals surface area contributed by atoms with Crippen molar-refractivity contribution in [2.75, 3.05) is 12.3 Å². The first-order valence-corrected chi connectivity index (χ1v) is 5.88. The molecule has 0 fully saturated rings. The molecule has 0 saturated heterocycles. The van der Waals surface area contributed by atoms with Crippen LogP contribution in [0.3, 0.4) is 0 Å². The highest BCUT2D eigenvalue weighted by atomic mass is 32.2. The van der Waals surface area contributed by atoms with Crippen molar-refractivity contribution in [3.05, 3.63) is 0 Å². The van der Waals surface area contributed by atoms with Crippen molar-refractivity contribution in [1.29, 1.82) is 0 Å². The first-order chi connectivity index (χ1) is 7.67. The third-order valence-electron chi connectivity index (χ3n) is 2.11. The van der Waals surface area contributed by atoms with Crippen LogP contribution in [0.1, 0.15) is 20.3 Å². The van der Waals surface area contributed by atoms with Gasteiger partial charge in [0.1, 0.15) is 6.54 Å². The van der Waals surface area contributed by atoms with Crippen molar-refractivity contribution in [1.82, 2.24) is 4.90 Å². The smallest absolute Gasteiger partial charge is 0.442 e. The highest BCUT2D eigenvalue weighted by Crippen LogP contribution is 2.30. The minimum absolute atomic E-state index is 0.396. The predicted octanol–water partition coefficient (Wildman–Crippen LogP) is 1.95. The molecule has 0 aliphatic carbocycles. The molecular formula is C9H14F3NO3S. The average molecular weight is 273 g/mol. The van der Waals surface area contributed by atoms with E-state index in [1.165, 1.54) is 0 Å². The van der Waals surface area contributed by atoms with E-state index in [4.69, 9.17) is 5.11 Å². The number of hydrogen-bond donors (Lipinski definition) is 1. The van der Waals surface area contributed by atoms with Crippen LogP contribution in [0.2, 0.25) is 0 Å². The molecule has 100 valence electrons. The zero-order valence-electron chi connectivity index (χ0n) is 9.45. The van der Waals surface area contributed by atoms with E-state index in [1.54, 1.807) is 13.8 Å². The van der Waals surface area contributed by atoms with Crippen LogP contribution in [-0.2, 0) is 9.59 Å². The second-order valence-corrected chi connectivity index (χ2v) is 4.45. The lowest BCUT2D eigenvalue weighted by Gasteiger charge is -2.26. The summed E-state index contributed by atoms with van der Waals surface area (Å²) in [5.41, 5.74) is -4.49. The van der Waals surface area contributed by atoms with E-state index in [1.807, 2.05) is 0 Å². The van der Waals surface area contributed by atoms with E-state index in [2.05, 4.69) is 0 Å². The second kappa shape index (κ2) is 6.73. The molecule has 0 aromatic carbocycles. The van der Waals surface area contributed by atoms with Gasteiger partial charge in [-0.1, -0.05) is 6.92 Å². The minimum atomic E-state index is -4.49. The first kappa shape index (κ1) is 16.1. The Bertz CT molecular complexity index is 283. The molecule has 0 saturated carbocycles. The van der Waals surface area contributed by atoms with Gasteiger partial charge in [0.15, 0.2) is 0 Å². The summed E-state index contributed by atoms with van der Waals surface area (Å²) in [7, 11) is 0. The summed E-state index contributed by atoms with van der Waals surface area (Å²) in [6.07, 6.45) is 0.482. The molecule has 1 unspecified atom stereocenters. The Balaban J connectivity index is 4.48. The van der Waals surface area contributed by atoms with Crippen molar-refractivity contribution in [3.63, 3.8) is 0 Å². The molecule has 0 radical (unpaired) electrons. The van der Waals surface area contributed by atoms with Crippen LogP contribution in [0, 0.1) is 0 Å². The molecule has 4 nitrogen and oxygen atoms in total. The largest absolute Gasteiger partial charge is 0.480 e. The molecule has 0 aromatic heterocycles. The summed E-state index contributed by atoms with van der Waals surface area (Å²) in [6, 6.07) is -0.396. The number of carbonyl (C=O) groups is 2. The summed E-state index contributed by atoms with van der Waals surface area (Å²) in [4.78, 5) is 22.9. The zero-order chi connectivity index (χ0) is 13.6. The molecular weight excluding hydrogens is 259 g/mol. The Labute approximate surface area is 101 Å². The van der Waals surface area contributed by atoms with Gasteiger partial charge in [0.05, 0.1) is 5.75 Å². The second-order valence-electron chi connectivity index (χ2n) is 3.41. The van der Waals surface area contributed by atoms with Gasteiger partial charge in [0, 0.05) is 6.04 Å². The molecule has 0 heterocycles. The average Bonchev–Trinajstić information content (AvgIpc) is 2.20. The van der Waals surface area contributed by atoms with Crippen molar-refractivity contribution in [2.45, 2.75) is 31.8 Å². The van der Waals surface area contributed by atoms with E-state index in [9.17, 15) is 22.8 Å². The molecule has 0 bridgehead atoms. The van der Waals surface area contributed by atoms with E-state index >= 15 is 0 Å². The lowest BCUT2D eigenvalue weighted by atomic mass is 10.2. The maximum atomic E-state index is 11.9. The summed E-state index contributed by atoms with van der Waals surface area (Å²) in [6.45, 7) is 2.75. The fourth-order valence-electron chi connectivity index (χ4n) is 1.08. The molecule has 8 heteroatoms. The zero-order valence-corrected chi connectivity index (χ0v) is 10.3. The molecule has 0 rings (SSSR count). The minimum Gasteiger partial charge on any atom is -0.480 e. The Morgan fingerprint density at radius 2 is 1.94 bits per heavy atom. The number of carboxylic acid groups (broad SMARTS) is 1. The Kier molecular flexibility index (Phi) is 6.36. The SMILES string of the molecule is CCC(C)N(CC(=O)O)C(=O)CSC(F)(F)F. The van der Waals surface area contributed by atoms with Gasteiger partial charge in [-0.15, -0.1) is 0 Å². The van der Waals surface area contributed by atoms with Crippen molar-refractivity contribution < 1.29 is 27.9 Å². The summed E-state index contributed by atoms with van der Waals surface area (Å²) < 4.78 is 35.7. The van der Waals surface area contributed by atoms with Crippen LogP contribution in [0.15, 0.2) is 0 Å². The van der Waals surface area contributed by atoms with Gasteiger partial charge in [-0.25, -0.2) is 0 Å². The number of carboxylic acids is 1. The van der Waals surface area contributed by atoms with Gasteiger partial charge < -0.3 is 10.0 Å². The number of amides is 1. The Morgan fingerprint density at radius 3 is 2.29 bits per heavy atom. The van der Waals surface area contributed by atoms with Crippen molar-refractivity contribution in [3.8, 4) is 0 Å². The topological polar surface area (TPSA) is 57.6 Å². The van der Waals surface area contributed by atoms with E-state index in [-0.39, 0.29) is 0 Å². The molecule has 0 aromatic rings. The molecule has 1 atom stereocenters. The monoisotopic (exact) mass is 273 g/mol. The third-order valence-corrected chi connectivity index (χ3v) is 2.83. The van der Waals surface area contributed by atoms with Gasteiger partial charge in [0.25, 0.3) is 0 Å². The summed E-state index contributed by atoms with van der Waals surface area (Å²) >= 11 is -0.459. The number of hydrogen-bond acceptors (Lipinski definition) is 3. The van der Waals surface area contributed by atoms with Crippen LogP contribution < -0.4 is 0 Å². The predicted molar refractivity (Wildman–Crippen MR) is 57.6 cm³/mol. The number of halogens is 3. The van der Waals surface area contributed by atoms with Crippen LogP contribution in [0.25, 0.3) is 0 Å². The number of nitrogens with zero attached hydrogens (tertiary/aromatic N) is 1. The van der Waals surface area contributed by atoms with Gasteiger partial charge in [-0.3, -0.25) is 9.59 Å². The van der Waals surface area contributed by atoms with Gasteiger partial charge >= 0.3 is 11.5 Å². The number of thioether (sulfide) groups is 1. The molecule has 0 aliphatic rings. The molecule has 17 heavy (non-hydrogen) atoms. The number of carbonyl (C=O) groups excluding carboxylic acids is 1. The molecule has 0 spiro atoms. The van der Waals surface area contributed by atoms with E-state index < -0.39 is 47.5 Å². The maximum Gasteiger partial charge on any atom is 0.442 e. The first-order valence-electron chi connectivity index (χ1n) is 4.89. The van der Waals surface area contributed by atoms with Gasteiger partial charge in [-0.2, -0.15) is 13.2 Å². The Hall–Kier alpha value is -0.920. The van der Waals surface area contributed by atoms with Crippen molar-refractivity contribution >= 4 is 23.6 Å². The number of aliphatic carboxylic acids is 1. The molecule has 0 aliphatic heterocycles. The number of rotatable bonds is 6. The lowest BCUT2D eigenvalue weighted by Crippen LogP contribution is -2.43. The van der Waals surface area contributed by atoms with Gasteiger partial charge in [0.2, 0.25) is 5.91 Å². The maximum absolute atomic E-state index is 11.9. The molecule has 1 amide bonds. The number of alkyl halides is 3. The van der Waals surface area contributed by atoms with Crippen LogP contribution in [0.5, 0.6) is 0 Å². The van der Waals surface area contributed by atoms with Gasteiger partial charge in [-0.05, 0) is 25.1 Å². The lowest BCUT2D eigenvalue weighted by molar-refractivity contribution is -0.144. The van der Waals surface area contributed by atoms with Crippen molar-refractivity contribution in [2.24, 2.45) is 0 Å².